The van der Waals surface area contributed by atoms with E-state index >= 15 is 0 Å². The van der Waals surface area contributed by atoms with Gasteiger partial charge in [0.1, 0.15) is 5.75 Å². The number of hydrogen-bond donors (Lipinski definition) is 5. The number of methoxy groups -OCH3 is 1. The van der Waals surface area contributed by atoms with Crippen LogP contribution in [0.4, 0.5) is 33.5 Å². The molecule has 0 radical (unpaired) electrons. The molecule has 6 rings (SSSR count). The Bertz CT molecular complexity index is 2590. The standard InChI is InChI=1S/C46H54N8O7S/c1-9-31-22-32(43(55)48-30(4)28-54-18-20-60-21-19-54)24-34(23-31)49-44-47-17-16-41(52-44)61-40-15-14-37(35-12-10-11-13-36(35)40)50-45(56)51-38-25-33(46(5,6)27-29(2)3)26-39(42(38)59-7)53-62(8,57)58/h1,10-17,22-26,29-30,53H,18-21,27-28H2,2-8H3,(H,48,55)(H,47,49,52)(H2,50,51,56). The van der Waals surface area contributed by atoms with Crippen molar-refractivity contribution in [2.24, 2.45) is 5.92 Å². The Morgan fingerprint density at radius 2 is 1.66 bits per heavy atom. The summed E-state index contributed by atoms with van der Waals surface area (Å²) in [7, 11) is -2.26. The van der Waals surface area contributed by atoms with Crippen LogP contribution in [0.3, 0.4) is 0 Å². The first-order valence-corrected chi connectivity index (χ1v) is 22.2. The van der Waals surface area contributed by atoms with Gasteiger partial charge in [-0.05, 0) is 72.7 Å². The number of amides is 3. The second-order valence-corrected chi connectivity index (χ2v) is 18.1. The zero-order valence-electron chi connectivity index (χ0n) is 36.1. The van der Waals surface area contributed by atoms with Gasteiger partial charge in [-0.25, -0.2) is 18.2 Å². The molecule has 0 bridgehead atoms. The van der Waals surface area contributed by atoms with E-state index in [1.54, 1.807) is 48.7 Å². The number of carbonyl (C=O) groups is 2. The minimum atomic E-state index is -3.68. The fourth-order valence-electron chi connectivity index (χ4n) is 7.63. The number of hydrogen-bond acceptors (Lipinski definition) is 11. The van der Waals surface area contributed by atoms with E-state index in [-0.39, 0.29) is 40.6 Å². The van der Waals surface area contributed by atoms with Gasteiger partial charge < -0.3 is 35.5 Å². The van der Waals surface area contributed by atoms with Crippen molar-refractivity contribution in [1.82, 2.24) is 20.2 Å². The molecule has 5 aromatic rings. The van der Waals surface area contributed by atoms with E-state index in [4.69, 9.17) is 20.6 Å². The summed E-state index contributed by atoms with van der Waals surface area (Å²) in [5.74, 6) is 3.81. The molecule has 1 unspecified atom stereocenters. The smallest absolute Gasteiger partial charge is 0.323 e. The summed E-state index contributed by atoms with van der Waals surface area (Å²) in [6, 6.07) is 20.4. The van der Waals surface area contributed by atoms with Crippen molar-refractivity contribution in [3.63, 3.8) is 0 Å². The summed E-state index contributed by atoms with van der Waals surface area (Å²) in [6.07, 6.45) is 9.19. The monoisotopic (exact) mass is 862 g/mol. The highest BCUT2D eigenvalue weighted by atomic mass is 32.2. The van der Waals surface area contributed by atoms with Gasteiger partial charge >= 0.3 is 6.03 Å². The van der Waals surface area contributed by atoms with Crippen LogP contribution in [0, 0.1) is 18.3 Å². The van der Waals surface area contributed by atoms with Gasteiger partial charge in [0, 0.05) is 65.5 Å². The summed E-state index contributed by atoms with van der Waals surface area (Å²) < 4.78 is 44.6. The third-order valence-corrected chi connectivity index (χ3v) is 10.7. The Labute approximate surface area is 363 Å². The number of sulfonamides is 1. The SMILES string of the molecule is C#Cc1cc(Nc2nccc(Oc3ccc(NC(=O)Nc4cc(C(C)(C)CC(C)C)cc(NS(C)(=O)=O)c4OC)c4ccccc34)n2)cc(C(=O)NC(C)CN2CCOCC2)c1. The van der Waals surface area contributed by atoms with E-state index in [1.807, 2.05) is 37.3 Å². The molecule has 0 aliphatic carbocycles. The van der Waals surface area contributed by atoms with Crippen LogP contribution in [0.25, 0.3) is 10.8 Å². The largest absolute Gasteiger partial charge is 0.492 e. The zero-order chi connectivity index (χ0) is 44.6. The number of benzene rings is 4. The molecule has 0 spiro atoms. The number of ether oxygens (including phenoxy) is 3. The van der Waals surface area contributed by atoms with Gasteiger partial charge in [-0.1, -0.05) is 57.9 Å². The lowest BCUT2D eigenvalue weighted by Gasteiger charge is -2.29. The Morgan fingerprint density at radius 1 is 0.952 bits per heavy atom. The molecule has 1 fully saturated rings. The highest BCUT2D eigenvalue weighted by Gasteiger charge is 2.27. The van der Waals surface area contributed by atoms with Gasteiger partial charge in [0.25, 0.3) is 5.91 Å². The summed E-state index contributed by atoms with van der Waals surface area (Å²) in [4.78, 5) is 38.2. The van der Waals surface area contributed by atoms with Crippen LogP contribution in [-0.4, -0.2) is 87.5 Å². The first-order chi connectivity index (χ1) is 29.5. The van der Waals surface area contributed by atoms with E-state index in [2.05, 4.69) is 74.5 Å². The molecule has 2 heterocycles. The lowest BCUT2D eigenvalue weighted by molar-refractivity contribution is 0.0342. The summed E-state index contributed by atoms with van der Waals surface area (Å²) in [5, 5.41) is 13.4. The minimum absolute atomic E-state index is 0.0951. The molecule has 1 aliphatic rings. The topological polar surface area (TPSA) is 185 Å². The fourth-order valence-corrected chi connectivity index (χ4v) is 8.18. The highest BCUT2D eigenvalue weighted by Crippen LogP contribution is 2.41. The maximum Gasteiger partial charge on any atom is 0.323 e. The van der Waals surface area contributed by atoms with Gasteiger partial charge in [0.15, 0.2) is 5.75 Å². The van der Waals surface area contributed by atoms with Crippen molar-refractivity contribution in [3.05, 3.63) is 95.7 Å². The molecule has 3 amide bonds. The molecule has 16 heteroatoms. The Balaban J connectivity index is 1.19. The van der Waals surface area contributed by atoms with E-state index in [0.717, 1.165) is 31.3 Å². The van der Waals surface area contributed by atoms with Crippen LogP contribution in [0.1, 0.15) is 62.5 Å². The molecule has 326 valence electrons. The predicted molar refractivity (Wildman–Crippen MR) is 244 cm³/mol. The number of rotatable bonds is 16. The van der Waals surface area contributed by atoms with Crippen LogP contribution in [-0.2, 0) is 20.2 Å². The van der Waals surface area contributed by atoms with Crippen molar-refractivity contribution in [2.75, 3.05) is 66.9 Å². The molecular weight excluding hydrogens is 809 g/mol. The third-order valence-electron chi connectivity index (χ3n) is 10.1. The molecule has 5 N–H and O–H groups in total. The molecule has 15 nitrogen and oxygen atoms in total. The Kier molecular flexibility index (Phi) is 14.2. The Hall–Kier alpha value is -6.41. The van der Waals surface area contributed by atoms with Crippen LogP contribution in [0.2, 0.25) is 0 Å². The van der Waals surface area contributed by atoms with Crippen molar-refractivity contribution in [1.29, 1.82) is 0 Å². The maximum absolute atomic E-state index is 13.7. The van der Waals surface area contributed by atoms with Crippen molar-refractivity contribution in [3.8, 4) is 29.7 Å². The molecule has 1 aromatic heterocycles. The van der Waals surface area contributed by atoms with Crippen LogP contribution in [0.15, 0.2) is 79.0 Å². The van der Waals surface area contributed by atoms with E-state index in [9.17, 15) is 18.0 Å². The molecule has 1 atom stereocenters. The number of terminal acetylenes is 1. The van der Waals surface area contributed by atoms with Crippen LogP contribution >= 0.6 is 0 Å². The lowest BCUT2D eigenvalue weighted by Crippen LogP contribution is -2.46. The molecule has 62 heavy (non-hydrogen) atoms. The van der Waals surface area contributed by atoms with Gasteiger partial charge in [0.2, 0.25) is 21.9 Å². The molecule has 4 aromatic carbocycles. The lowest BCUT2D eigenvalue weighted by atomic mass is 9.77. The summed E-state index contributed by atoms with van der Waals surface area (Å²) in [5.41, 5.74) is 2.89. The van der Waals surface area contributed by atoms with Crippen molar-refractivity contribution < 1.29 is 32.2 Å². The van der Waals surface area contributed by atoms with Gasteiger partial charge in [0.05, 0.1) is 43.6 Å². The predicted octanol–water partition coefficient (Wildman–Crippen LogP) is 7.95. The zero-order valence-corrected chi connectivity index (χ0v) is 36.9. The number of nitrogens with zero attached hydrogens (tertiary/aromatic N) is 3. The normalized spacial score (nSPS) is 13.8. The van der Waals surface area contributed by atoms with Crippen molar-refractivity contribution in [2.45, 2.75) is 52.5 Å². The number of nitrogens with one attached hydrogen (secondary N) is 5. The minimum Gasteiger partial charge on any atom is -0.492 e. The summed E-state index contributed by atoms with van der Waals surface area (Å²) >= 11 is 0. The van der Waals surface area contributed by atoms with E-state index in [0.29, 0.717) is 70.4 Å². The number of carbonyl (C=O) groups excluding carboxylic acids is 2. The average molecular weight is 863 g/mol. The number of fused-ring (bicyclic) bond motifs is 1. The number of urea groups is 1. The van der Waals surface area contributed by atoms with Gasteiger partial charge in [-0.2, -0.15) is 4.98 Å². The maximum atomic E-state index is 13.7. The highest BCUT2D eigenvalue weighted by molar-refractivity contribution is 7.92. The first kappa shape index (κ1) is 45.1. The van der Waals surface area contributed by atoms with E-state index in [1.165, 1.54) is 7.11 Å². The number of morpholine rings is 1. The second kappa shape index (κ2) is 19.5. The molecule has 0 saturated carbocycles. The van der Waals surface area contributed by atoms with E-state index < -0.39 is 16.1 Å². The quantitative estimate of drug-likeness (QED) is 0.0607. The second-order valence-electron chi connectivity index (χ2n) is 16.4. The molecule has 1 saturated heterocycles. The van der Waals surface area contributed by atoms with Crippen molar-refractivity contribution >= 4 is 61.4 Å². The summed E-state index contributed by atoms with van der Waals surface area (Å²) in [6.45, 7) is 14.1. The fraction of sp³-hybridized carbons (Fsp3) is 0.348. The first-order valence-electron chi connectivity index (χ1n) is 20.3. The van der Waals surface area contributed by atoms with Gasteiger partial charge in [-0.3, -0.25) is 14.4 Å². The van der Waals surface area contributed by atoms with Gasteiger partial charge in [-0.15, -0.1) is 6.42 Å². The molecular formula is C46H54N8O7S. The third kappa shape index (κ3) is 11.9. The Morgan fingerprint density at radius 3 is 2.35 bits per heavy atom. The number of aromatic nitrogens is 2. The number of anilines is 5. The molecule has 1 aliphatic heterocycles. The van der Waals surface area contributed by atoms with Crippen LogP contribution in [0.5, 0.6) is 17.4 Å². The average Bonchev–Trinajstić information content (AvgIpc) is 3.21. The van der Waals surface area contributed by atoms with Crippen LogP contribution < -0.4 is 35.5 Å².